The van der Waals surface area contributed by atoms with E-state index in [0.717, 1.165) is 73.2 Å². The van der Waals surface area contributed by atoms with Gasteiger partial charge in [-0.3, -0.25) is 14.5 Å². The van der Waals surface area contributed by atoms with Gasteiger partial charge in [-0.1, -0.05) is 59.7 Å². The molecule has 4 N–H and O–H groups in total. The van der Waals surface area contributed by atoms with Crippen molar-refractivity contribution in [1.82, 2.24) is 40.0 Å². The number of H-pyrrole nitrogens is 2. The van der Waals surface area contributed by atoms with Gasteiger partial charge >= 0.3 is 12.2 Å². The summed E-state index contributed by atoms with van der Waals surface area (Å²) < 4.78 is 11.2. The number of alkyl carbamates (subject to hydrolysis) is 1. The third-order valence-electron chi connectivity index (χ3n) is 12.5. The lowest BCUT2D eigenvalue weighted by molar-refractivity contribution is -0.138. The fourth-order valence-electron chi connectivity index (χ4n) is 9.45. The molecular formula is C45H54N8O7. The lowest BCUT2D eigenvalue weighted by Gasteiger charge is -2.33. The van der Waals surface area contributed by atoms with Crippen molar-refractivity contribution >= 4 is 45.8 Å². The SMILES string of the molecule is COC(=O)NC(C(=O)N1CC(C)CC1c1nc2c(ccc3cc4c(cc32)OCc2cc(-c3cnc(C5C[C@H](C)CN5C(=O)[C@H](C(C)C)N(C)C(=O)O)[nH]3)ccc2-4)[nH]1)C(C)C. The molecule has 4 unspecified atom stereocenters. The molecule has 3 aliphatic heterocycles. The van der Waals surface area contributed by atoms with E-state index < -0.39 is 24.3 Å². The van der Waals surface area contributed by atoms with Gasteiger partial charge in [0.15, 0.2) is 0 Å². The number of hydrogen-bond donors (Lipinski definition) is 4. The summed E-state index contributed by atoms with van der Waals surface area (Å²) in [4.78, 5) is 73.3. The first kappa shape index (κ1) is 40.7. The van der Waals surface area contributed by atoms with Crippen molar-refractivity contribution in [3.05, 3.63) is 65.9 Å². The summed E-state index contributed by atoms with van der Waals surface area (Å²) in [5.74, 6) is 1.94. The molecule has 0 saturated carbocycles. The Morgan fingerprint density at radius 1 is 0.900 bits per heavy atom. The van der Waals surface area contributed by atoms with Gasteiger partial charge in [0.05, 0.1) is 42.1 Å². The van der Waals surface area contributed by atoms with Crippen LogP contribution in [-0.4, -0.2) is 103 Å². The minimum absolute atomic E-state index is 0.135. The predicted octanol–water partition coefficient (Wildman–Crippen LogP) is 7.50. The van der Waals surface area contributed by atoms with Crippen LogP contribution in [0.1, 0.15) is 83.7 Å². The van der Waals surface area contributed by atoms with Crippen LogP contribution >= 0.6 is 0 Å². The third-order valence-corrected chi connectivity index (χ3v) is 12.5. The normalized spacial score (nSPS) is 20.9. The van der Waals surface area contributed by atoms with Crippen molar-refractivity contribution in [2.75, 3.05) is 27.2 Å². The summed E-state index contributed by atoms with van der Waals surface area (Å²) in [6, 6.07) is 12.5. The number of carbonyl (C=O) groups excluding carboxylic acids is 3. The van der Waals surface area contributed by atoms with Crippen molar-refractivity contribution in [3.63, 3.8) is 0 Å². The van der Waals surface area contributed by atoms with Crippen molar-refractivity contribution < 1.29 is 33.8 Å². The van der Waals surface area contributed by atoms with Gasteiger partial charge in [-0.15, -0.1) is 0 Å². The van der Waals surface area contributed by atoms with Crippen LogP contribution in [0.4, 0.5) is 9.59 Å². The lowest BCUT2D eigenvalue weighted by atomic mass is 9.92. The van der Waals surface area contributed by atoms with Gasteiger partial charge in [0, 0.05) is 31.1 Å². The largest absolute Gasteiger partial charge is 0.488 e. The Kier molecular flexibility index (Phi) is 10.7. The molecule has 2 aromatic heterocycles. The van der Waals surface area contributed by atoms with E-state index in [4.69, 9.17) is 19.4 Å². The minimum atomic E-state index is -1.13. The van der Waals surface area contributed by atoms with E-state index in [1.54, 1.807) is 11.1 Å². The monoisotopic (exact) mass is 818 g/mol. The summed E-state index contributed by atoms with van der Waals surface area (Å²) in [6.07, 6.45) is 1.50. The number of methoxy groups -OCH3 is 1. The second kappa shape index (κ2) is 15.8. The Morgan fingerprint density at radius 2 is 1.60 bits per heavy atom. The first-order valence-corrected chi connectivity index (χ1v) is 20.8. The van der Waals surface area contributed by atoms with Crippen LogP contribution in [0.3, 0.4) is 0 Å². The van der Waals surface area contributed by atoms with Crippen LogP contribution in [0, 0.1) is 23.7 Å². The number of nitrogens with zero attached hydrogens (tertiary/aromatic N) is 5. The molecule has 0 spiro atoms. The van der Waals surface area contributed by atoms with Crippen molar-refractivity contribution in [3.8, 4) is 28.1 Å². The summed E-state index contributed by atoms with van der Waals surface area (Å²) in [5, 5.41) is 14.4. The van der Waals surface area contributed by atoms with Crippen LogP contribution in [0.15, 0.2) is 48.7 Å². The topological polar surface area (TPSA) is 186 Å². The summed E-state index contributed by atoms with van der Waals surface area (Å²) in [7, 11) is 2.74. The average molecular weight is 819 g/mol. The van der Waals surface area contributed by atoms with Gasteiger partial charge in [0.1, 0.15) is 36.1 Å². The minimum Gasteiger partial charge on any atom is -0.488 e. The molecule has 2 saturated heterocycles. The molecule has 3 aromatic carbocycles. The van der Waals surface area contributed by atoms with E-state index in [1.165, 1.54) is 14.2 Å². The molecule has 3 aliphatic rings. The van der Waals surface area contributed by atoms with Crippen molar-refractivity contribution in [1.29, 1.82) is 0 Å². The third kappa shape index (κ3) is 7.27. The second-order valence-corrected chi connectivity index (χ2v) is 17.6. The number of aromatic amines is 2. The fourth-order valence-corrected chi connectivity index (χ4v) is 9.45. The Labute approximate surface area is 348 Å². The zero-order valence-electron chi connectivity index (χ0n) is 35.4. The van der Waals surface area contributed by atoms with E-state index in [9.17, 15) is 24.3 Å². The van der Waals surface area contributed by atoms with Crippen LogP contribution < -0.4 is 10.1 Å². The molecule has 5 heterocycles. The predicted molar refractivity (Wildman–Crippen MR) is 226 cm³/mol. The van der Waals surface area contributed by atoms with Gasteiger partial charge in [-0.25, -0.2) is 19.6 Å². The standard InChI is InChI=1S/C45H54N8O7/c1-22(2)37(50-44(56)59-8)42(54)52-19-25(6)14-35(52)41-47-32-12-10-26-16-31-29-11-9-27(15-28(29)21-60-36(31)17-30(26)38(32)49-41)33-18-46-40(48-33)34-13-24(5)20-53(34)43(55)39(23(3)4)51(7)45(57)58/h9-12,15-18,22-25,34-35,37,39H,13-14,19-21H2,1-8H3,(H,46,48)(H,47,49)(H,50,56)(H,57,58)/t24-,25?,34?,35?,37?,39-/m0/s1. The molecule has 0 bridgehead atoms. The number of fused-ring (bicyclic) bond motifs is 6. The smallest absolute Gasteiger partial charge is 0.407 e. The molecule has 2 fully saturated rings. The maximum absolute atomic E-state index is 13.9. The summed E-state index contributed by atoms with van der Waals surface area (Å²) in [6.45, 7) is 13.2. The first-order chi connectivity index (χ1) is 28.6. The number of amides is 4. The number of carbonyl (C=O) groups is 4. The summed E-state index contributed by atoms with van der Waals surface area (Å²) >= 11 is 0. The molecule has 0 radical (unpaired) electrons. The average Bonchev–Trinajstić information content (AvgIpc) is 4.04. The number of rotatable bonds is 9. The van der Waals surface area contributed by atoms with E-state index in [2.05, 4.69) is 65.5 Å². The summed E-state index contributed by atoms with van der Waals surface area (Å²) in [5.41, 5.74) is 6.51. The van der Waals surface area contributed by atoms with Crippen LogP contribution in [-0.2, 0) is 20.9 Å². The number of imidazole rings is 2. The zero-order valence-corrected chi connectivity index (χ0v) is 35.4. The highest BCUT2D eigenvalue weighted by Gasteiger charge is 2.43. The highest BCUT2D eigenvalue weighted by Crippen LogP contribution is 2.44. The number of ether oxygens (including phenoxy) is 2. The van der Waals surface area contributed by atoms with Crippen LogP contribution in [0.5, 0.6) is 5.75 Å². The highest BCUT2D eigenvalue weighted by atomic mass is 16.5. The maximum Gasteiger partial charge on any atom is 0.407 e. The van der Waals surface area contributed by atoms with Gasteiger partial charge in [0.2, 0.25) is 11.8 Å². The molecule has 15 heteroatoms. The number of likely N-dealkylation sites (N-methyl/N-ethyl adjacent to an activating group) is 1. The highest BCUT2D eigenvalue weighted by molar-refractivity contribution is 6.07. The lowest BCUT2D eigenvalue weighted by Crippen LogP contribution is -2.51. The molecule has 60 heavy (non-hydrogen) atoms. The van der Waals surface area contributed by atoms with Crippen molar-refractivity contribution in [2.45, 2.75) is 85.2 Å². The quantitative estimate of drug-likeness (QED) is 0.117. The Morgan fingerprint density at radius 3 is 2.27 bits per heavy atom. The molecule has 6 atom stereocenters. The van der Waals surface area contributed by atoms with Gasteiger partial charge < -0.3 is 39.7 Å². The van der Waals surface area contributed by atoms with Gasteiger partial charge in [0.25, 0.3) is 0 Å². The molecule has 316 valence electrons. The van der Waals surface area contributed by atoms with Crippen molar-refractivity contribution in [2.24, 2.45) is 23.7 Å². The number of hydrogen-bond acceptors (Lipinski definition) is 8. The molecule has 0 aliphatic carbocycles. The maximum atomic E-state index is 13.9. The molecular weight excluding hydrogens is 765 g/mol. The van der Waals surface area contributed by atoms with E-state index >= 15 is 0 Å². The second-order valence-electron chi connectivity index (χ2n) is 17.6. The van der Waals surface area contributed by atoms with Gasteiger partial charge in [-0.05, 0) is 82.9 Å². The van der Waals surface area contributed by atoms with E-state index in [1.807, 2.05) is 38.7 Å². The van der Waals surface area contributed by atoms with Crippen LogP contribution in [0.2, 0.25) is 0 Å². The first-order valence-electron chi connectivity index (χ1n) is 20.8. The molecule has 4 amide bonds. The number of likely N-dealkylation sites (tertiary alicyclic amines) is 2. The molecule has 5 aromatic rings. The fraction of sp³-hybridized carbons (Fsp3) is 0.467. The van der Waals surface area contributed by atoms with Crippen LogP contribution in [0.25, 0.3) is 44.2 Å². The van der Waals surface area contributed by atoms with E-state index in [0.29, 0.717) is 31.3 Å². The van der Waals surface area contributed by atoms with E-state index in [-0.39, 0.29) is 47.6 Å². The number of benzene rings is 3. The Bertz CT molecular complexity index is 2490. The molecule has 8 rings (SSSR count). The number of nitrogens with one attached hydrogen (secondary N) is 3. The number of carboxylic acid groups (broad SMARTS) is 1. The number of aromatic nitrogens is 4. The van der Waals surface area contributed by atoms with Gasteiger partial charge in [-0.2, -0.15) is 0 Å². The zero-order chi connectivity index (χ0) is 42.7. The molecule has 15 nitrogen and oxygen atoms in total. The Hall–Kier alpha value is -6.12. The Balaban J connectivity index is 1.05.